The predicted molar refractivity (Wildman–Crippen MR) is 107 cm³/mol. The average molecular weight is 383 g/mol. The normalized spacial score (nSPS) is 10.2. The number of hydrogen-bond acceptors (Lipinski definition) is 3. The summed E-state index contributed by atoms with van der Waals surface area (Å²) in [5.41, 5.74) is 3.04. The molecule has 0 bridgehead atoms. The smallest absolute Gasteiger partial charge is 0.336 e. The highest BCUT2D eigenvalue weighted by atomic mass is 16.4. The van der Waals surface area contributed by atoms with E-state index in [1.807, 2.05) is 30.3 Å². The molecule has 7 heteroatoms. The van der Waals surface area contributed by atoms with Crippen molar-refractivity contribution in [3.05, 3.63) is 64.7 Å². The number of carbonyl (C=O) groups excluding carboxylic acids is 2. The highest BCUT2D eigenvalue weighted by molar-refractivity contribution is 5.95. The molecule has 148 valence electrons. The largest absolute Gasteiger partial charge is 0.478 e. The van der Waals surface area contributed by atoms with E-state index >= 15 is 0 Å². The topological polar surface area (TPSA) is 98.7 Å². The maximum atomic E-state index is 12.1. The van der Waals surface area contributed by atoms with Crippen molar-refractivity contribution in [3.8, 4) is 0 Å². The Morgan fingerprint density at radius 1 is 1.04 bits per heavy atom. The molecule has 0 aliphatic rings. The predicted octanol–water partition coefficient (Wildman–Crippen LogP) is 3.17. The van der Waals surface area contributed by atoms with E-state index in [2.05, 4.69) is 10.6 Å². The molecule has 0 saturated heterocycles. The Labute approximate surface area is 164 Å². The molecule has 2 aromatic rings. The first-order valence-corrected chi connectivity index (χ1v) is 8.95. The number of amides is 3. The van der Waals surface area contributed by atoms with Gasteiger partial charge in [-0.3, -0.25) is 4.79 Å². The number of carbonyl (C=O) groups is 3. The number of urea groups is 1. The molecule has 28 heavy (non-hydrogen) atoms. The van der Waals surface area contributed by atoms with Crippen LogP contribution in [0.15, 0.2) is 42.5 Å². The van der Waals surface area contributed by atoms with Gasteiger partial charge in [0, 0.05) is 32.2 Å². The molecule has 0 aliphatic carbocycles. The number of rotatable bonds is 7. The highest BCUT2D eigenvalue weighted by Crippen LogP contribution is 2.21. The van der Waals surface area contributed by atoms with E-state index in [1.54, 1.807) is 27.0 Å². The molecular weight excluding hydrogens is 358 g/mol. The van der Waals surface area contributed by atoms with Gasteiger partial charge >= 0.3 is 12.0 Å². The first-order chi connectivity index (χ1) is 13.3. The van der Waals surface area contributed by atoms with Crippen molar-refractivity contribution in [1.82, 2.24) is 10.2 Å². The number of benzene rings is 2. The zero-order chi connectivity index (χ0) is 20.7. The van der Waals surface area contributed by atoms with Crippen LogP contribution in [0.1, 0.15) is 33.5 Å². The van der Waals surface area contributed by atoms with E-state index in [0.29, 0.717) is 17.8 Å². The van der Waals surface area contributed by atoms with Crippen LogP contribution in [0.25, 0.3) is 0 Å². The Morgan fingerprint density at radius 2 is 1.71 bits per heavy atom. The number of aromatic carboxylic acids is 1. The molecule has 0 unspecified atom stereocenters. The first kappa shape index (κ1) is 21.0. The van der Waals surface area contributed by atoms with Gasteiger partial charge in [0.2, 0.25) is 5.91 Å². The van der Waals surface area contributed by atoms with E-state index in [4.69, 9.17) is 0 Å². The maximum absolute atomic E-state index is 12.1. The molecule has 0 radical (unpaired) electrons. The Hall–Kier alpha value is -3.35. The lowest BCUT2D eigenvalue weighted by atomic mass is 10.0. The minimum Gasteiger partial charge on any atom is -0.478 e. The van der Waals surface area contributed by atoms with Gasteiger partial charge in [0.05, 0.1) is 5.56 Å². The van der Waals surface area contributed by atoms with Crippen LogP contribution in [-0.2, 0) is 11.3 Å². The average Bonchev–Trinajstić information content (AvgIpc) is 2.64. The molecule has 2 rings (SSSR count). The van der Waals surface area contributed by atoms with E-state index in [1.165, 1.54) is 11.0 Å². The van der Waals surface area contributed by atoms with Gasteiger partial charge in [0.15, 0.2) is 0 Å². The lowest BCUT2D eigenvalue weighted by Gasteiger charge is -2.18. The number of nitrogens with zero attached hydrogens (tertiary/aromatic N) is 1. The second-order valence-electron chi connectivity index (χ2n) is 6.66. The van der Waals surface area contributed by atoms with Gasteiger partial charge in [0.1, 0.15) is 0 Å². The lowest BCUT2D eigenvalue weighted by Crippen LogP contribution is -2.38. The fourth-order valence-electron chi connectivity index (χ4n) is 2.78. The summed E-state index contributed by atoms with van der Waals surface area (Å²) in [4.78, 5) is 37.1. The summed E-state index contributed by atoms with van der Waals surface area (Å²) < 4.78 is 0. The van der Waals surface area contributed by atoms with Gasteiger partial charge in [0.25, 0.3) is 0 Å². The van der Waals surface area contributed by atoms with Crippen molar-refractivity contribution in [2.24, 2.45) is 0 Å². The third-order valence-electron chi connectivity index (χ3n) is 4.31. The Balaban J connectivity index is 1.83. The summed E-state index contributed by atoms with van der Waals surface area (Å²) in [6.07, 6.45) is 0.0840. The number of nitrogens with one attached hydrogen (secondary N) is 2. The molecule has 0 aliphatic heterocycles. The van der Waals surface area contributed by atoms with Crippen molar-refractivity contribution in [3.63, 3.8) is 0 Å². The van der Waals surface area contributed by atoms with Crippen molar-refractivity contribution in [2.45, 2.75) is 26.8 Å². The number of carboxylic acids is 1. The van der Waals surface area contributed by atoms with E-state index in [9.17, 15) is 19.5 Å². The van der Waals surface area contributed by atoms with E-state index < -0.39 is 5.97 Å². The summed E-state index contributed by atoms with van der Waals surface area (Å²) in [6.45, 7) is 4.16. The zero-order valence-electron chi connectivity index (χ0n) is 16.3. The third-order valence-corrected chi connectivity index (χ3v) is 4.31. The number of anilines is 1. The molecular formula is C21H25N3O4. The van der Waals surface area contributed by atoms with Gasteiger partial charge < -0.3 is 20.6 Å². The molecule has 3 amide bonds. The highest BCUT2D eigenvalue weighted by Gasteiger charge is 2.13. The van der Waals surface area contributed by atoms with Crippen LogP contribution >= 0.6 is 0 Å². The van der Waals surface area contributed by atoms with Crippen LogP contribution in [0.2, 0.25) is 0 Å². The third kappa shape index (κ3) is 5.84. The van der Waals surface area contributed by atoms with E-state index in [-0.39, 0.29) is 30.5 Å². The van der Waals surface area contributed by atoms with Crippen molar-refractivity contribution < 1.29 is 19.5 Å². The molecule has 0 atom stereocenters. The fourth-order valence-corrected chi connectivity index (χ4v) is 2.78. The molecule has 0 spiro atoms. The summed E-state index contributed by atoms with van der Waals surface area (Å²) >= 11 is 0. The van der Waals surface area contributed by atoms with Gasteiger partial charge in [-0.2, -0.15) is 0 Å². The fraction of sp³-hybridized carbons (Fsp3) is 0.286. The molecule has 7 nitrogen and oxygen atoms in total. The minimum absolute atomic E-state index is 0.0840. The summed E-state index contributed by atoms with van der Waals surface area (Å²) in [5.74, 6) is -1.34. The SMILES string of the molecule is Cc1cc(C)c(C(=O)O)cc1NC(=O)CCNC(=O)N(C)Cc1ccccc1. The van der Waals surface area contributed by atoms with Crippen LogP contribution in [-0.4, -0.2) is 41.5 Å². The van der Waals surface area contributed by atoms with Crippen molar-refractivity contribution in [1.29, 1.82) is 0 Å². The van der Waals surface area contributed by atoms with Crippen molar-refractivity contribution >= 4 is 23.6 Å². The van der Waals surface area contributed by atoms with Crippen LogP contribution in [0.4, 0.5) is 10.5 Å². The Morgan fingerprint density at radius 3 is 2.36 bits per heavy atom. The standard InChI is InChI=1S/C21H25N3O4/c1-14-11-15(2)18(12-17(14)20(26)27)23-19(25)9-10-22-21(28)24(3)13-16-7-5-4-6-8-16/h4-8,11-12H,9-10,13H2,1-3H3,(H,22,28)(H,23,25)(H,26,27). The second kappa shape index (κ2) is 9.55. The van der Waals surface area contributed by atoms with Crippen LogP contribution in [0, 0.1) is 13.8 Å². The monoisotopic (exact) mass is 383 g/mol. The Bertz CT molecular complexity index is 865. The van der Waals surface area contributed by atoms with Gasteiger partial charge in [-0.1, -0.05) is 36.4 Å². The summed E-state index contributed by atoms with van der Waals surface area (Å²) in [5, 5.41) is 14.6. The van der Waals surface area contributed by atoms with E-state index in [0.717, 1.165) is 11.1 Å². The Kier molecular flexibility index (Phi) is 7.14. The number of carboxylic acid groups (broad SMARTS) is 1. The number of hydrogen-bond donors (Lipinski definition) is 3. The zero-order valence-corrected chi connectivity index (χ0v) is 16.3. The van der Waals surface area contributed by atoms with Crippen molar-refractivity contribution in [2.75, 3.05) is 18.9 Å². The van der Waals surface area contributed by atoms with Crippen LogP contribution in [0.5, 0.6) is 0 Å². The molecule has 2 aromatic carbocycles. The summed E-state index contributed by atoms with van der Waals surface area (Å²) in [6, 6.07) is 12.5. The van der Waals surface area contributed by atoms with Gasteiger partial charge in [-0.15, -0.1) is 0 Å². The molecule has 0 saturated carbocycles. The second-order valence-corrected chi connectivity index (χ2v) is 6.66. The molecule has 0 heterocycles. The van der Waals surface area contributed by atoms with Crippen LogP contribution in [0.3, 0.4) is 0 Å². The molecule has 0 fully saturated rings. The quantitative estimate of drug-likeness (QED) is 0.684. The first-order valence-electron chi connectivity index (χ1n) is 8.95. The lowest BCUT2D eigenvalue weighted by molar-refractivity contribution is -0.116. The summed E-state index contributed by atoms with van der Waals surface area (Å²) in [7, 11) is 1.69. The maximum Gasteiger partial charge on any atom is 0.336 e. The molecule has 3 N–H and O–H groups in total. The van der Waals surface area contributed by atoms with Crippen LogP contribution < -0.4 is 10.6 Å². The van der Waals surface area contributed by atoms with Gasteiger partial charge in [-0.05, 0) is 36.6 Å². The van der Waals surface area contributed by atoms with Gasteiger partial charge in [-0.25, -0.2) is 9.59 Å². The number of aryl methyl sites for hydroxylation is 2. The minimum atomic E-state index is -1.04. The molecule has 0 aromatic heterocycles.